The Hall–Kier alpha value is -2.90. The molecule has 6 heteroatoms. The second kappa shape index (κ2) is 11.2. The van der Waals surface area contributed by atoms with Crippen molar-refractivity contribution in [3.8, 4) is 11.5 Å². The molecule has 1 atom stereocenters. The molecule has 0 aliphatic carbocycles. The van der Waals surface area contributed by atoms with Crippen LogP contribution in [-0.4, -0.2) is 36.6 Å². The van der Waals surface area contributed by atoms with Gasteiger partial charge in [0.15, 0.2) is 0 Å². The Morgan fingerprint density at radius 1 is 0.657 bits per heavy atom. The molecule has 3 N–H and O–H groups in total. The highest BCUT2D eigenvalue weighted by atomic mass is 16.5. The van der Waals surface area contributed by atoms with Gasteiger partial charge < -0.3 is 29.5 Å². The van der Waals surface area contributed by atoms with Gasteiger partial charge in [0.05, 0.1) is 33.5 Å². The summed E-state index contributed by atoms with van der Waals surface area (Å²) in [5.74, 6) is 0.634. The Morgan fingerprint density at radius 2 is 1.06 bits per heavy atom. The number of hydrogen-bond acceptors (Lipinski definition) is 6. The van der Waals surface area contributed by atoms with Crippen LogP contribution in [0.4, 0.5) is 0 Å². The fraction of sp³-hybridized carbons (Fsp3) is 0.379. The van der Waals surface area contributed by atoms with Crippen LogP contribution in [0, 0.1) is 13.8 Å². The van der Waals surface area contributed by atoms with Crippen molar-refractivity contribution in [3.63, 3.8) is 0 Å². The second-order valence-electron chi connectivity index (χ2n) is 9.15. The number of benzene rings is 3. The summed E-state index contributed by atoms with van der Waals surface area (Å²) in [7, 11) is 4.93. The van der Waals surface area contributed by atoms with E-state index in [0.29, 0.717) is 24.3 Å². The summed E-state index contributed by atoms with van der Waals surface area (Å²) in [6.07, 6.45) is 0. The number of phenols is 1. The highest BCUT2D eigenvalue weighted by molar-refractivity contribution is 5.58. The van der Waals surface area contributed by atoms with Crippen molar-refractivity contribution in [2.75, 3.05) is 21.3 Å². The van der Waals surface area contributed by atoms with Gasteiger partial charge in [-0.3, -0.25) is 0 Å². The molecular weight excluding hydrogens is 444 g/mol. The third-order valence-corrected chi connectivity index (χ3v) is 6.61. The first-order valence-corrected chi connectivity index (χ1v) is 11.6. The third kappa shape index (κ3) is 5.21. The number of aliphatic hydroxyl groups excluding tert-OH is 2. The van der Waals surface area contributed by atoms with Crippen LogP contribution in [0.1, 0.15) is 57.0 Å². The topological polar surface area (TPSA) is 88.4 Å². The van der Waals surface area contributed by atoms with Crippen LogP contribution in [0.2, 0.25) is 0 Å². The zero-order valence-corrected chi connectivity index (χ0v) is 21.4. The average molecular weight is 481 g/mol. The van der Waals surface area contributed by atoms with Crippen molar-refractivity contribution < 1.29 is 29.5 Å². The van der Waals surface area contributed by atoms with E-state index in [0.717, 1.165) is 44.7 Å². The standard InChI is InChI=1S/C29H36O6/c1-18-7-19(2)9-24(8-18)29(3,25-10-20(14-30)27(32)21(11-25)15-31)26-12-22(16-33-4)28(35-6)23(13-26)17-34-5/h7-13,30-32H,14-17H2,1-6H3. The minimum absolute atomic E-state index is 0.0867. The number of rotatable bonds is 10. The van der Waals surface area contributed by atoms with Gasteiger partial charge in [0.1, 0.15) is 11.5 Å². The van der Waals surface area contributed by atoms with E-state index in [2.05, 4.69) is 51.1 Å². The first-order valence-electron chi connectivity index (χ1n) is 11.6. The molecule has 6 nitrogen and oxygen atoms in total. The van der Waals surface area contributed by atoms with E-state index in [4.69, 9.17) is 14.2 Å². The molecule has 3 aromatic rings. The van der Waals surface area contributed by atoms with Crippen LogP contribution in [0.15, 0.2) is 42.5 Å². The predicted molar refractivity (Wildman–Crippen MR) is 136 cm³/mol. The van der Waals surface area contributed by atoms with E-state index >= 15 is 0 Å². The normalized spacial score (nSPS) is 13.0. The SMILES string of the molecule is COCc1cc(C(C)(c2cc(C)cc(C)c2)c2cc(CO)c(O)c(CO)c2)cc(COC)c1OC. The molecule has 0 amide bonds. The molecule has 0 heterocycles. The molecular formula is C29H36O6. The van der Waals surface area contributed by atoms with E-state index in [1.165, 1.54) is 0 Å². The van der Waals surface area contributed by atoms with Gasteiger partial charge in [-0.15, -0.1) is 0 Å². The lowest BCUT2D eigenvalue weighted by atomic mass is 9.69. The van der Waals surface area contributed by atoms with Crippen LogP contribution in [-0.2, 0) is 41.3 Å². The van der Waals surface area contributed by atoms with Gasteiger partial charge in [-0.25, -0.2) is 0 Å². The Bertz CT molecular complexity index is 1110. The van der Waals surface area contributed by atoms with Crippen molar-refractivity contribution in [1.82, 2.24) is 0 Å². The predicted octanol–water partition coefficient (Wildman–Crippen LogP) is 4.65. The summed E-state index contributed by atoms with van der Waals surface area (Å²) in [6.45, 7) is 6.26. The summed E-state index contributed by atoms with van der Waals surface area (Å²) in [6, 6.07) is 14.2. The summed E-state index contributed by atoms with van der Waals surface area (Å²) in [4.78, 5) is 0. The van der Waals surface area contributed by atoms with Gasteiger partial charge in [0.2, 0.25) is 0 Å². The van der Waals surface area contributed by atoms with Gasteiger partial charge in [-0.05, 0) is 61.7 Å². The fourth-order valence-corrected chi connectivity index (χ4v) is 4.88. The van der Waals surface area contributed by atoms with Crippen molar-refractivity contribution in [2.24, 2.45) is 0 Å². The number of aryl methyl sites for hydroxylation is 2. The molecule has 0 fully saturated rings. The molecule has 0 radical (unpaired) electrons. The lowest BCUT2D eigenvalue weighted by Crippen LogP contribution is -2.27. The Labute approximate surface area is 207 Å². The highest BCUT2D eigenvalue weighted by Gasteiger charge is 2.34. The van der Waals surface area contributed by atoms with Gasteiger partial charge in [0.25, 0.3) is 0 Å². The lowest BCUT2D eigenvalue weighted by molar-refractivity contribution is 0.173. The van der Waals surface area contributed by atoms with Gasteiger partial charge in [0, 0.05) is 41.9 Å². The molecule has 1 unspecified atom stereocenters. The van der Waals surface area contributed by atoms with E-state index in [9.17, 15) is 15.3 Å². The minimum atomic E-state index is -0.699. The monoisotopic (exact) mass is 480 g/mol. The second-order valence-corrected chi connectivity index (χ2v) is 9.15. The van der Waals surface area contributed by atoms with Gasteiger partial charge in [-0.1, -0.05) is 29.3 Å². The number of aliphatic hydroxyl groups is 2. The van der Waals surface area contributed by atoms with E-state index < -0.39 is 5.41 Å². The number of methoxy groups -OCH3 is 3. The smallest absolute Gasteiger partial charge is 0.129 e. The molecule has 0 saturated carbocycles. The molecule has 0 saturated heterocycles. The van der Waals surface area contributed by atoms with Crippen molar-refractivity contribution >= 4 is 0 Å². The third-order valence-electron chi connectivity index (χ3n) is 6.61. The molecule has 0 aliphatic heterocycles. The van der Waals surface area contributed by atoms with Gasteiger partial charge >= 0.3 is 0 Å². The van der Waals surface area contributed by atoms with Crippen LogP contribution >= 0.6 is 0 Å². The zero-order valence-electron chi connectivity index (χ0n) is 21.4. The summed E-state index contributed by atoms with van der Waals surface area (Å²) < 4.78 is 16.7. The minimum Gasteiger partial charge on any atom is -0.507 e. The molecule has 0 aromatic heterocycles. The number of ether oxygens (including phenoxy) is 3. The zero-order chi connectivity index (χ0) is 25.8. The molecule has 3 aromatic carbocycles. The van der Waals surface area contributed by atoms with Crippen LogP contribution in [0.5, 0.6) is 11.5 Å². The van der Waals surface area contributed by atoms with E-state index in [1.807, 2.05) is 12.1 Å². The molecule has 0 bridgehead atoms. The molecule has 188 valence electrons. The lowest BCUT2D eigenvalue weighted by Gasteiger charge is -2.34. The molecule has 35 heavy (non-hydrogen) atoms. The Kier molecular flexibility index (Phi) is 8.56. The maximum Gasteiger partial charge on any atom is 0.129 e. The van der Waals surface area contributed by atoms with Crippen LogP contribution in [0.3, 0.4) is 0 Å². The van der Waals surface area contributed by atoms with Gasteiger partial charge in [-0.2, -0.15) is 0 Å². The van der Waals surface area contributed by atoms with Crippen LogP contribution in [0.25, 0.3) is 0 Å². The number of hydrogen-bond donors (Lipinski definition) is 3. The number of aromatic hydroxyl groups is 1. The maximum absolute atomic E-state index is 10.5. The average Bonchev–Trinajstić information content (AvgIpc) is 2.83. The maximum atomic E-state index is 10.5. The largest absolute Gasteiger partial charge is 0.507 e. The van der Waals surface area contributed by atoms with Crippen molar-refractivity contribution in [1.29, 1.82) is 0 Å². The molecule has 0 spiro atoms. The van der Waals surface area contributed by atoms with Crippen molar-refractivity contribution in [3.05, 3.63) is 92.5 Å². The summed E-state index contributed by atoms with van der Waals surface area (Å²) in [5.41, 5.74) is 6.91. The highest BCUT2D eigenvalue weighted by Crippen LogP contribution is 2.44. The fourth-order valence-electron chi connectivity index (χ4n) is 4.88. The molecule has 3 rings (SSSR count). The summed E-state index contributed by atoms with van der Waals surface area (Å²) >= 11 is 0. The van der Waals surface area contributed by atoms with Crippen molar-refractivity contribution in [2.45, 2.75) is 52.6 Å². The summed E-state index contributed by atoms with van der Waals surface area (Å²) in [5, 5.41) is 30.5. The first-order chi connectivity index (χ1) is 16.7. The van der Waals surface area contributed by atoms with E-state index in [1.54, 1.807) is 21.3 Å². The quantitative estimate of drug-likeness (QED) is 0.366. The Balaban J connectivity index is 2.45. The molecule has 0 aliphatic rings. The van der Waals surface area contributed by atoms with Crippen LogP contribution < -0.4 is 4.74 Å². The first kappa shape index (κ1) is 26.7. The van der Waals surface area contributed by atoms with E-state index in [-0.39, 0.29) is 19.0 Å². The Morgan fingerprint density at radius 3 is 1.43 bits per heavy atom.